The van der Waals surface area contributed by atoms with Crippen LogP contribution in [0.4, 0.5) is 10.8 Å². The molecule has 0 aliphatic rings. The number of hydrogen-bond acceptors (Lipinski definition) is 6. The molecule has 1 aromatic heterocycles. The smallest absolute Gasteiger partial charge is 0.283 e. The van der Waals surface area contributed by atoms with Crippen molar-refractivity contribution in [2.75, 3.05) is 11.6 Å². The van der Waals surface area contributed by atoms with Gasteiger partial charge in [-0.15, -0.1) is 23.1 Å². The van der Waals surface area contributed by atoms with Crippen LogP contribution in [0.2, 0.25) is 0 Å². The van der Waals surface area contributed by atoms with Gasteiger partial charge in [-0.05, 0) is 24.3 Å². The van der Waals surface area contributed by atoms with Gasteiger partial charge in [-0.1, -0.05) is 13.8 Å². The molecule has 0 atom stereocenters. The minimum absolute atomic E-state index is 0.0674. The molecule has 0 aliphatic heterocycles. The van der Waals surface area contributed by atoms with Gasteiger partial charge in [-0.3, -0.25) is 20.2 Å². The lowest BCUT2D eigenvalue weighted by molar-refractivity contribution is -0.387. The molecule has 22 heavy (non-hydrogen) atoms. The summed E-state index contributed by atoms with van der Waals surface area (Å²) in [5, 5.41) is 16.1. The number of nitrogens with one attached hydrogen (secondary N) is 1. The van der Waals surface area contributed by atoms with E-state index in [9.17, 15) is 14.9 Å². The Balaban J connectivity index is 2.22. The zero-order chi connectivity index (χ0) is 16.3. The van der Waals surface area contributed by atoms with E-state index in [2.05, 4.69) is 10.3 Å². The van der Waals surface area contributed by atoms with E-state index >= 15 is 0 Å². The van der Waals surface area contributed by atoms with E-state index < -0.39 is 10.8 Å². The lowest BCUT2D eigenvalue weighted by Gasteiger charge is -2.04. The number of aromatic nitrogens is 1. The lowest BCUT2D eigenvalue weighted by atomic mass is 10.2. The summed E-state index contributed by atoms with van der Waals surface area (Å²) in [6.45, 7) is 4.04. The van der Waals surface area contributed by atoms with Gasteiger partial charge in [0.2, 0.25) is 0 Å². The standard InChI is InChI=1S/C14H15N3O3S2/c1-8(2)10-7-22-14(15-10)16-13(18)9-4-5-12(21-3)11(6-9)17(19)20/h4-8H,1-3H3,(H,15,16,18). The summed E-state index contributed by atoms with van der Waals surface area (Å²) in [6, 6.07) is 4.45. The Bertz CT molecular complexity index is 713. The van der Waals surface area contributed by atoms with Crippen molar-refractivity contribution in [3.05, 3.63) is 45.0 Å². The summed E-state index contributed by atoms with van der Waals surface area (Å²) >= 11 is 2.61. The Hall–Kier alpha value is -1.93. The number of nitro benzene ring substituents is 1. The van der Waals surface area contributed by atoms with Gasteiger partial charge in [-0.2, -0.15) is 0 Å². The first kappa shape index (κ1) is 16.4. The molecule has 2 aromatic rings. The number of nitrogens with zero attached hydrogens (tertiary/aromatic N) is 2. The summed E-state index contributed by atoms with van der Waals surface area (Å²) in [5.41, 5.74) is 1.08. The van der Waals surface area contributed by atoms with E-state index in [0.29, 0.717) is 10.0 Å². The quantitative estimate of drug-likeness (QED) is 0.503. The maximum Gasteiger partial charge on any atom is 0.283 e. The SMILES string of the molecule is CSc1ccc(C(=O)Nc2nc(C(C)C)cs2)cc1[N+](=O)[O-]. The van der Waals surface area contributed by atoms with Crippen molar-refractivity contribution in [3.63, 3.8) is 0 Å². The van der Waals surface area contributed by atoms with Crippen molar-refractivity contribution in [2.24, 2.45) is 0 Å². The van der Waals surface area contributed by atoms with Crippen molar-refractivity contribution < 1.29 is 9.72 Å². The maximum atomic E-state index is 12.2. The molecule has 1 N–H and O–H groups in total. The first-order chi connectivity index (χ1) is 10.4. The first-order valence-corrected chi connectivity index (χ1v) is 8.62. The number of benzene rings is 1. The molecule has 0 unspecified atom stereocenters. The van der Waals surface area contributed by atoms with E-state index in [1.54, 1.807) is 18.4 Å². The molecule has 0 radical (unpaired) electrons. The van der Waals surface area contributed by atoms with Gasteiger partial charge < -0.3 is 0 Å². The average Bonchev–Trinajstić information content (AvgIpc) is 2.95. The van der Waals surface area contributed by atoms with Crippen LogP contribution in [-0.2, 0) is 0 Å². The predicted molar refractivity (Wildman–Crippen MR) is 89.0 cm³/mol. The van der Waals surface area contributed by atoms with Crippen molar-refractivity contribution in [2.45, 2.75) is 24.7 Å². The van der Waals surface area contributed by atoms with Gasteiger partial charge >= 0.3 is 0 Å². The summed E-state index contributed by atoms with van der Waals surface area (Å²) in [5.74, 6) is -0.121. The van der Waals surface area contributed by atoms with Crippen LogP contribution < -0.4 is 5.32 Å². The highest BCUT2D eigenvalue weighted by Crippen LogP contribution is 2.29. The Kier molecular flexibility index (Phi) is 5.15. The fraction of sp³-hybridized carbons (Fsp3) is 0.286. The Morgan fingerprint density at radius 1 is 1.45 bits per heavy atom. The third-order valence-electron chi connectivity index (χ3n) is 2.97. The molecule has 116 valence electrons. The molecule has 1 amide bonds. The van der Waals surface area contributed by atoms with Crippen LogP contribution in [0.5, 0.6) is 0 Å². The molecule has 0 aliphatic carbocycles. The molecule has 0 bridgehead atoms. The van der Waals surface area contributed by atoms with Crippen LogP contribution in [0.1, 0.15) is 35.8 Å². The molecule has 0 saturated carbocycles. The van der Waals surface area contributed by atoms with Crippen LogP contribution in [0.25, 0.3) is 0 Å². The van der Waals surface area contributed by atoms with Gasteiger partial charge in [0, 0.05) is 17.0 Å². The fourth-order valence-electron chi connectivity index (χ4n) is 1.75. The molecule has 8 heteroatoms. The van der Waals surface area contributed by atoms with Gasteiger partial charge in [0.1, 0.15) is 0 Å². The highest BCUT2D eigenvalue weighted by atomic mass is 32.2. The third kappa shape index (κ3) is 3.63. The zero-order valence-electron chi connectivity index (χ0n) is 12.3. The van der Waals surface area contributed by atoms with Crippen molar-refractivity contribution in [1.29, 1.82) is 0 Å². The number of anilines is 1. The first-order valence-electron chi connectivity index (χ1n) is 6.51. The van der Waals surface area contributed by atoms with Gasteiger partial charge in [0.25, 0.3) is 11.6 Å². The van der Waals surface area contributed by atoms with Crippen molar-refractivity contribution >= 4 is 39.8 Å². The van der Waals surface area contributed by atoms with E-state index in [1.165, 1.54) is 29.2 Å². The Labute approximate surface area is 136 Å². The monoisotopic (exact) mass is 337 g/mol. The molecule has 6 nitrogen and oxygen atoms in total. The number of rotatable bonds is 5. The van der Waals surface area contributed by atoms with Crippen LogP contribution in [-0.4, -0.2) is 22.1 Å². The van der Waals surface area contributed by atoms with E-state index in [1.807, 2.05) is 19.2 Å². The van der Waals surface area contributed by atoms with Gasteiger partial charge in [-0.25, -0.2) is 4.98 Å². The second-order valence-corrected chi connectivity index (χ2v) is 6.54. The zero-order valence-corrected chi connectivity index (χ0v) is 14.0. The highest BCUT2D eigenvalue weighted by molar-refractivity contribution is 7.98. The molecular formula is C14H15N3O3S2. The number of nitro groups is 1. The lowest BCUT2D eigenvalue weighted by Crippen LogP contribution is -2.12. The summed E-state index contributed by atoms with van der Waals surface area (Å²) in [4.78, 5) is 27.6. The average molecular weight is 337 g/mol. The third-order valence-corrected chi connectivity index (χ3v) is 4.53. The molecule has 0 saturated heterocycles. The highest BCUT2D eigenvalue weighted by Gasteiger charge is 2.18. The number of amides is 1. The molecule has 0 spiro atoms. The van der Waals surface area contributed by atoms with Gasteiger partial charge in [0.15, 0.2) is 5.13 Å². The normalized spacial score (nSPS) is 10.7. The van der Waals surface area contributed by atoms with E-state index in [-0.39, 0.29) is 17.2 Å². The number of carbonyl (C=O) groups is 1. The summed E-state index contributed by atoms with van der Waals surface area (Å²) in [7, 11) is 0. The second kappa shape index (κ2) is 6.89. The van der Waals surface area contributed by atoms with Crippen molar-refractivity contribution in [1.82, 2.24) is 4.98 Å². The number of thiazole rings is 1. The van der Waals surface area contributed by atoms with Crippen molar-refractivity contribution in [3.8, 4) is 0 Å². The second-order valence-electron chi connectivity index (χ2n) is 4.83. The Morgan fingerprint density at radius 2 is 2.18 bits per heavy atom. The predicted octanol–water partition coefficient (Wildman–Crippen LogP) is 4.15. The van der Waals surface area contributed by atoms with Gasteiger partial charge in [0.05, 0.1) is 15.5 Å². The molecular weight excluding hydrogens is 322 g/mol. The molecule has 2 rings (SSSR count). The largest absolute Gasteiger partial charge is 0.298 e. The summed E-state index contributed by atoms with van der Waals surface area (Å²) < 4.78 is 0. The van der Waals surface area contributed by atoms with E-state index in [4.69, 9.17) is 0 Å². The number of hydrogen-bond donors (Lipinski definition) is 1. The van der Waals surface area contributed by atoms with Crippen LogP contribution >= 0.6 is 23.1 Å². The summed E-state index contributed by atoms with van der Waals surface area (Å²) in [6.07, 6.45) is 1.76. The molecule has 1 aromatic carbocycles. The fourth-order valence-corrected chi connectivity index (χ4v) is 3.17. The minimum atomic E-state index is -0.483. The van der Waals surface area contributed by atoms with Crippen LogP contribution in [0, 0.1) is 10.1 Å². The van der Waals surface area contributed by atoms with Crippen LogP contribution in [0.15, 0.2) is 28.5 Å². The number of carbonyl (C=O) groups excluding carboxylic acids is 1. The Morgan fingerprint density at radius 3 is 2.73 bits per heavy atom. The molecule has 1 heterocycles. The number of thioether (sulfide) groups is 1. The van der Waals surface area contributed by atoms with Crippen LogP contribution in [0.3, 0.4) is 0 Å². The molecule has 0 fully saturated rings. The topological polar surface area (TPSA) is 85.1 Å². The van der Waals surface area contributed by atoms with E-state index in [0.717, 1.165) is 5.69 Å². The maximum absolute atomic E-state index is 12.2. The minimum Gasteiger partial charge on any atom is -0.298 e.